The molecule has 0 spiro atoms. The van der Waals surface area contributed by atoms with Gasteiger partial charge >= 0.3 is 0 Å². The van der Waals surface area contributed by atoms with Crippen LogP contribution in [-0.4, -0.2) is 0 Å². The van der Waals surface area contributed by atoms with Gasteiger partial charge in [-0.15, -0.1) is 0 Å². The average Bonchev–Trinajstić information content (AvgIpc) is 2.50. The van der Waals surface area contributed by atoms with E-state index in [0.717, 1.165) is 0 Å². The van der Waals surface area contributed by atoms with Crippen molar-refractivity contribution in [2.75, 3.05) is 4.90 Å². The highest BCUT2D eigenvalue weighted by atomic mass is 15.1. The molecular weight excluding hydrogens is 266 g/mol. The number of hydrogen-bond donors (Lipinski definition) is 0. The first kappa shape index (κ1) is 14.4. The molecule has 0 heterocycles. The second-order valence-electron chi connectivity index (χ2n) is 5.85. The van der Waals surface area contributed by atoms with Gasteiger partial charge in [0.15, 0.2) is 0 Å². The van der Waals surface area contributed by atoms with Crippen molar-refractivity contribution in [1.29, 1.82) is 0 Å². The zero-order chi connectivity index (χ0) is 15.5. The van der Waals surface area contributed by atoms with Gasteiger partial charge in [0.05, 0.1) is 0 Å². The Morgan fingerprint density at radius 2 is 1.00 bits per heavy atom. The lowest BCUT2D eigenvalue weighted by molar-refractivity contribution is 1.25. The van der Waals surface area contributed by atoms with Gasteiger partial charge in [-0.05, 0) is 68.3 Å². The van der Waals surface area contributed by atoms with Crippen molar-refractivity contribution in [1.82, 2.24) is 0 Å². The molecule has 0 aromatic heterocycles. The predicted molar refractivity (Wildman–Crippen MR) is 95.3 cm³/mol. The fourth-order valence-electron chi connectivity index (χ4n) is 2.68. The molecular formula is C21H21N. The van der Waals surface area contributed by atoms with Gasteiger partial charge in [0.25, 0.3) is 0 Å². The Labute approximate surface area is 132 Å². The summed E-state index contributed by atoms with van der Waals surface area (Å²) in [5, 5.41) is 0. The SMILES string of the molecule is Cc1ccc(N(c2cccc(C)c2)c2cccc(C)c2)cc1. The highest BCUT2D eigenvalue weighted by Gasteiger charge is 2.12. The van der Waals surface area contributed by atoms with Crippen LogP contribution in [0.5, 0.6) is 0 Å². The fourth-order valence-corrected chi connectivity index (χ4v) is 2.68. The van der Waals surface area contributed by atoms with Crippen molar-refractivity contribution in [2.24, 2.45) is 0 Å². The van der Waals surface area contributed by atoms with Gasteiger partial charge in [-0.2, -0.15) is 0 Å². The topological polar surface area (TPSA) is 3.24 Å². The molecule has 3 rings (SSSR count). The van der Waals surface area contributed by atoms with E-state index in [1.807, 2.05) is 0 Å². The fraction of sp³-hybridized carbons (Fsp3) is 0.143. The Morgan fingerprint density at radius 1 is 0.500 bits per heavy atom. The van der Waals surface area contributed by atoms with E-state index < -0.39 is 0 Å². The normalized spacial score (nSPS) is 10.5. The molecule has 22 heavy (non-hydrogen) atoms. The summed E-state index contributed by atoms with van der Waals surface area (Å²) in [6.45, 7) is 6.38. The highest BCUT2D eigenvalue weighted by Crippen LogP contribution is 2.35. The van der Waals surface area contributed by atoms with Gasteiger partial charge in [0.2, 0.25) is 0 Å². The van der Waals surface area contributed by atoms with Crippen molar-refractivity contribution in [3.05, 3.63) is 89.5 Å². The molecule has 3 aromatic carbocycles. The smallest absolute Gasteiger partial charge is 0.0464 e. The number of hydrogen-bond acceptors (Lipinski definition) is 1. The summed E-state index contributed by atoms with van der Waals surface area (Å²) in [5.74, 6) is 0. The van der Waals surface area contributed by atoms with E-state index in [4.69, 9.17) is 0 Å². The van der Waals surface area contributed by atoms with Gasteiger partial charge in [-0.25, -0.2) is 0 Å². The Balaban J connectivity index is 2.15. The van der Waals surface area contributed by atoms with E-state index in [1.54, 1.807) is 0 Å². The van der Waals surface area contributed by atoms with Crippen molar-refractivity contribution < 1.29 is 0 Å². The van der Waals surface area contributed by atoms with Gasteiger partial charge < -0.3 is 4.90 Å². The van der Waals surface area contributed by atoms with Gasteiger partial charge in [-0.3, -0.25) is 0 Å². The van der Waals surface area contributed by atoms with E-state index in [-0.39, 0.29) is 0 Å². The minimum atomic E-state index is 1.18. The second kappa shape index (κ2) is 6.07. The van der Waals surface area contributed by atoms with Crippen LogP contribution in [0, 0.1) is 20.8 Å². The monoisotopic (exact) mass is 287 g/mol. The van der Waals surface area contributed by atoms with Gasteiger partial charge in [-0.1, -0.05) is 42.0 Å². The molecule has 0 saturated carbocycles. The Kier molecular flexibility index (Phi) is 3.97. The number of aryl methyl sites for hydroxylation is 3. The van der Waals surface area contributed by atoms with E-state index in [9.17, 15) is 0 Å². The maximum atomic E-state index is 2.30. The van der Waals surface area contributed by atoms with Gasteiger partial charge in [0.1, 0.15) is 0 Å². The summed E-state index contributed by atoms with van der Waals surface area (Å²) in [4.78, 5) is 2.30. The maximum absolute atomic E-state index is 2.30. The molecule has 1 nitrogen and oxygen atoms in total. The van der Waals surface area contributed by atoms with E-state index in [1.165, 1.54) is 33.8 Å². The Morgan fingerprint density at radius 3 is 1.45 bits per heavy atom. The van der Waals surface area contributed by atoms with Crippen LogP contribution in [0.15, 0.2) is 72.8 Å². The lowest BCUT2D eigenvalue weighted by atomic mass is 10.1. The van der Waals surface area contributed by atoms with Gasteiger partial charge in [0, 0.05) is 17.1 Å². The average molecular weight is 287 g/mol. The summed E-state index contributed by atoms with van der Waals surface area (Å²) < 4.78 is 0. The lowest BCUT2D eigenvalue weighted by Gasteiger charge is -2.26. The van der Waals surface area contributed by atoms with Crippen molar-refractivity contribution in [3.63, 3.8) is 0 Å². The van der Waals surface area contributed by atoms with Crippen LogP contribution in [0.4, 0.5) is 17.1 Å². The molecule has 1 heteroatoms. The zero-order valence-electron chi connectivity index (χ0n) is 13.4. The lowest BCUT2D eigenvalue weighted by Crippen LogP contribution is -2.10. The number of nitrogens with zero attached hydrogens (tertiary/aromatic N) is 1. The number of rotatable bonds is 3. The minimum Gasteiger partial charge on any atom is -0.310 e. The summed E-state index contributed by atoms with van der Waals surface area (Å²) in [5.41, 5.74) is 7.37. The van der Waals surface area contributed by atoms with Crippen LogP contribution in [-0.2, 0) is 0 Å². The molecule has 0 aliphatic rings. The summed E-state index contributed by atoms with van der Waals surface area (Å²) in [6.07, 6.45) is 0. The third kappa shape index (κ3) is 3.04. The summed E-state index contributed by atoms with van der Waals surface area (Å²) in [6, 6.07) is 25.9. The van der Waals surface area contributed by atoms with Crippen LogP contribution in [0.3, 0.4) is 0 Å². The molecule has 0 N–H and O–H groups in total. The van der Waals surface area contributed by atoms with E-state index in [0.29, 0.717) is 0 Å². The van der Waals surface area contributed by atoms with E-state index in [2.05, 4.69) is 98.5 Å². The molecule has 0 saturated heterocycles. The zero-order valence-corrected chi connectivity index (χ0v) is 13.4. The van der Waals surface area contributed by atoms with Crippen molar-refractivity contribution in [2.45, 2.75) is 20.8 Å². The van der Waals surface area contributed by atoms with Crippen LogP contribution >= 0.6 is 0 Å². The molecule has 110 valence electrons. The van der Waals surface area contributed by atoms with E-state index >= 15 is 0 Å². The van der Waals surface area contributed by atoms with Crippen LogP contribution < -0.4 is 4.90 Å². The molecule has 3 aromatic rings. The molecule has 0 unspecified atom stereocenters. The standard InChI is InChI=1S/C21H21N/c1-16-10-12-19(13-11-16)22(20-8-4-6-17(2)14-20)21-9-5-7-18(3)15-21/h4-15H,1-3H3. The first-order valence-electron chi connectivity index (χ1n) is 7.63. The van der Waals surface area contributed by atoms with Crippen LogP contribution in [0.2, 0.25) is 0 Å². The molecule has 0 bridgehead atoms. The maximum Gasteiger partial charge on any atom is 0.0464 e. The molecule has 0 fully saturated rings. The first-order valence-corrected chi connectivity index (χ1v) is 7.63. The highest BCUT2D eigenvalue weighted by molar-refractivity contribution is 5.77. The predicted octanol–water partition coefficient (Wildman–Crippen LogP) is 6.08. The third-order valence-electron chi connectivity index (χ3n) is 3.81. The van der Waals surface area contributed by atoms with Crippen LogP contribution in [0.1, 0.15) is 16.7 Å². The van der Waals surface area contributed by atoms with Crippen molar-refractivity contribution >= 4 is 17.1 Å². The Bertz CT molecular complexity index is 726. The molecule has 0 radical (unpaired) electrons. The molecule has 0 aliphatic heterocycles. The molecule has 0 atom stereocenters. The third-order valence-corrected chi connectivity index (χ3v) is 3.81. The minimum absolute atomic E-state index is 1.18. The second-order valence-corrected chi connectivity index (χ2v) is 5.85. The first-order chi connectivity index (χ1) is 10.6. The molecule has 0 aliphatic carbocycles. The molecule has 0 amide bonds. The summed E-state index contributed by atoms with van der Waals surface area (Å²) in [7, 11) is 0. The largest absolute Gasteiger partial charge is 0.310 e. The number of benzene rings is 3. The quantitative estimate of drug-likeness (QED) is 0.564. The number of anilines is 3. The van der Waals surface area contributed by atoms with Crippen LogP contribution in [0.25, 0.3) is 0 Å². The Hall–Kier alpha value is -2.54. The summed E-state index contributed by atoms with van der Waals surface area (Å²) >= 11 is 0. The van der Waals surface area contributed by atoms with Crippen molar-refractivity contribution in [3.8, 4) is 0 Å².